The molecule has 0 saturated heterocycles. The lowest BCUT2D eigenvalue weighted by Gasteiger charge is -2.23. The van der Waals surface area contributed by atoms with Crippen molar-refractivity contribution in [3.63, 3.8) is 0 Å². The molecule has 0 aliphatic rings. The first kappa shape index (κ1) is 16.5. The van der Waals surface area contributed by atoms with Crippen LogP contribution in [0.2, 0.25) is 0 Å². The molecule has 2 aromatic rings. The topological polar surface area (TPSA) is 61.2 Å². The maximum atomic E-state index is 12.1. The van der Waals surface area contributed by atoms with E-state index >= 15 is 0 Å². The Balaban J connectivity index is 2.38. The largest absolute Gasteiger partial charge is 0.266 e. The minimum absolute atomic E-state index is 0.228. The average Bonchev–Trinajstić information content (AvgIpc) is 2.47. The summed E-state index contributed by atoms with van der Waals surface area (Å²) >= 11 is 3.41. The summed E-state index contributed by atoms with van der Waals surface area (Å²) in [6, 6.07) is 14.4. The van der Waals surface area contributed by atoms with E-state index in [9.17, 15) is 8.42 Å². The highest BCUT2D eigenvalue weighted by molar-refractivity contribution is 9.10. The third-order valence-corrected chi connectivity index (χ3v) is 5.27. The Hall–Kier alpha value is -1.84. The van der Waals surface area contributed by atoms with E-state index in [2.05, 4.69) is 15.9 Å². The van der Waals surface area contributed by atoms with Gasteiger partial charge in [-0.15, -0.1) is 0 Å². The van der Waals surface area contributed by atoms with Crippen molar-refractivity contribution in [2.75, 3.05) is 10.6 Å². The highest BCUT2D eigenvalue weighted by Gasteiger charge is 2.18. The Morgan fingerprint density at radius 3 is 2.32 bits per heavy atom. The van der Waals surface area contributed by atoms with Crippen molar-refractivity contribution in [2.45, 2.75) is 13.5 Å². The van der Waals surface area contributed by atoms with Crippen molar-refractivity contribution in [1.29, 1.82) is 5.26 Å². The van der Waals surface area contributed by atoms with Gasteiger partial charge >= 0.3 is 0 Å². The lowest BCUT2D eigenvalue weighted by Crippen LogP contribution is -2.29. The van der Waals surface area contributed by atoms with Crippen LogP contribution in [-0.2, 0) is 16.6 Å². The minimum atomic E-state index is -3.41. The SMILES string of the molecule is Cc1cc(N(Cc2ccc(C#N)cc2)S(C)(=O)=O)ccc1Br. The predicted octanol–water partition coefficient (Wildman–Crippen LogP) is 3.60. The van der Waals surface area contributed by atoms with Gasteiger partial charge in [0, 0.05) is 4.47 Å². The summed E-state index contributed by atoms with van der Waals surface area (Å²) in [5.74, 6) is 0. The van der Waals surface area contributed by atoms with E-state index in [1.807, 2.05) is 25.1 Å². The standard InChI is InChI=1S/C16H15BrN2O2S/c1-12-9-15(7-8-16(12)17)19(22(2,20)21)11-14-5-3-13(10-18)4-6-14/h3-9H,11H2,1-2H3. The number of hydrogen-bond acceptors (Lipinski definition) is 3. The molecule has 0 fully saturated rings. The number of sulfonamides is 1. The fraction of sp³-hybridized carbons (Fsp3) is 0.188. The van der Waals surface area contributed by atoms with Crippen LogP contribution in [0.1, 0.15) is 16.7 Å². The quantitative estimate of drug-likeness (QED) is 0.816. The molecule has 0 spiro atoms. The summed E-state index contributed by atoms with van der Waals surface area (Å²) in [6.07, 6.45) is 1.19. The molecule has 0 unspecified atom stereocenters. The zero-order chi connectivity index (χ0) is 16.3. The molecule has 114 valence electrons. The number of hydrogen-bond donors (Lipinski definition) is 0. The first-order valence-corrected chi connectivity index (χ1v) is 9.18. The zero-order valence-corrected chi connectivity index (χ0v) is 14.6. The molecule has 6 heteroatoms. The number of benzene rings is 2. The van der Waals surface area contributed by atoms with E-state index in [1.54, 1.807) is 30.3 Å². The first-order valence-electron chi connectivity index (χ1n) is 6.54. The second-order valence-corrected chi connectivity index (χ2v) is 7.77. The fourth-order valence-electron chi connectivity index (χ4n) is 2.03. The minimum Gasteiger partial charge on any atom is -0.266 e. The molecule has 0 aliphatic carbocycles. The van der Waals surface area contributed by atoms with Crippen molar-refractivity contribution >= 4 is 31.6 Å². The molecule has 0 saturated carbocycles. The molecule has 0 N–H and O–H groups in total. The van der Waals surface area contributed by atoms with Crippen LogP contribution in [0.25, 0.3) is 0 Å². The summed E-state index contributed by atoms with van der Waals surface area (Å²) < 4.78 is 26.5. The molecule has 4 nitrogen and oxygen atoms in total. The second-order valence-electron chi connectivity index (χ2n) is 5.01. The smallest absolute Gasteiger partial charge is 0.232 e. The molecule has 0 aliphatic heterocycles. The molecule has 0 bridgehead atoms. The van der Waals surface area contributed by atoms with Crippen molar-refractivity contribution < 1.29 is 8.42 Å². The molecule has 22 heavy (non-hydrogen) atoms. The molecule has 2 rings (SSSR count). The van der Waals surface area contributed by atoms with Gasteiger partial charge in [-0.05, 0) is 48.4 Å². The summed E-state index contributed by atoms with van der Waals surface area (Å²) in [5.41, 5.74) is 2.96. The summed E-state index contributed by atoms with van der Waals surface area (Å²) in [5, 5.41) is 8.81. The van der Waals surface area contributed by atoms with Gasteiger partial charge in [0.1, 0.15) is 0 Å². The summed E-state index contributed by atoms with van der Waals surface area (Å²) in [7, 11) is -3.41. The number of aryl methyl sites for hydroxylation is 1. The lowest BCUT2D eigenvalue weighted by atomic mass is 10.1. The molecular formula is C16H15BrN2O2S. The van der Waals surface area contributed by atoms with E-state index in [-0.39, 0.29) is 6.54 Å². The Labute approximate surface area is 139 Å². The van der Waals surface area contributed by atoms with Gasteiger partial charge in [0.25, 0.3) is 0 Å². The van der Waals surface area contributed by atoms with Crippen LogP contribution in [0, 0.1) is 18.3 Å². The third-order valence-electron chi connectivity index (χ3n) is 3.24. The van der Waals surface area contributed by atoms with Crippen LogP contribution in [0.5, 0.6) is 0 Å². The summed E-state index contributed by atoms with van der Waals surface area (Å²) in [6.45, 7) is 2.14. The van der Waals surface area contributed by atoms with Gasteiger partial charge in [-0.1, -0.05) is 28.1 Å². The van der Waals surface area contributed by atoms with Crippen molar-refractivity contribution in [2.24, 2.45) is 0 Å². The maximum Gasteiger partial charge on any atom is 0.232 e. The van der Waals surface area contributed by atoms with E-state index in [0.29, 0.717) is 11.3 Å². The van der Waals surface area contributed by atoms with E-state index in [4.69, 9.17) is 5.26 Å². The normalized spacial score (nSPS) is 11.0. The lowest BCUT2D eigenvalue weighted by molar-refractivity contribution is 0.596. The fourth-order valence-corrected chi connectivity index (χ4v) is 3.16. The van der Waals surface area contributed by atoms with E-state index in [1.165, 1.54) is 10.6 Å². The highest BCUT2D eigenvalue weighted by Crippen LogP contribution is 2.26. The average molecular weight is 379 g/mol. The number of anilines is 1. The second kappa shape index (κ2) is 6.51. The number of rotatable bonds is 4. The predicted molar refractivity (Wildman–Crippen MR) is 91.1 cm³/mol. The van der Waals surface area contributed by atoms with Gasteiger partial charge in [0.05, 0.1) is 30.1 Å². The van der Waals surface area contributed by atoms with E-state index in [0.717, 1.165) is 15.6 Å². The Morgan fingerprint density at radius 1 is 1.18 bits per heavy atom. The van der Waals surface area contributed by atoms with Crippen LogP contribution in [-0.4, -0.2) is 14.7 Å². The molecule has 0 heterocycles. The third kappa shape index (κ3) is 3.87. The highest BCUT2D eigenvalue weighted by atomic mass is 79.9. The number of nitrogens with zero attached hydrogens (tertiary/aromatic N) is 2. The van der Waals surface area contributed by atoms with Crippen LogP contribution in [0.3, 0.4) is 0 Å². The zero-order valence-electron chi connectivity index (χ0n) is 12.2. The van der Waals surface area contributed by atoms with E-state index < -0.39 is 10.0 Å². The van der Waals surface area contributed by atoms with Crippen LogP contribution >= 0.6 is 15.9 Å². The molecule has 0 radical (unpaired) electrons. The van der Waals surface area contributed by atoms with Gasteiger partial charge in [-0.25, -0.2) is 8.42 Å². The first-order chi connectivity index (χ1) is 10.3. The van der Waals surface area contributed by atoms with Crippen LogP contribution in [0.15, 0.2) is 46.9 Å². The molecule has 2 aromatic carbocycles. The van der Waals surface area contributed by atoms with Gasteiger partial charge in [0.2, 0.25) is 10.0 Å². The van der Waals surface area contributed by atoms with Crippen molar-refractivity contribution in [1.82, 2.24) is 0 Å². The van der Waals surface area contributed by atoms with Crippen molar-refractivity contribution in [3.05, 3.63) is 63.6 Å². The molecular weight excluding hydrogens is 364 g/mol. The Kier molecular flexibility index (Phi) is 4.89. The van der Waals surface area contributed by atoms with Crippen LogP contribution in [0.4, 0.5) is 5.69 Å². The maximum absolute atomic E-state index is 12.1. The molecule has 0 amide bonds. The van der Waals surface area contributed by atoms with Gasteiger partial charge < -0.3 is 0 Å². The number of halogens is 1. The van der Waals surface area contributed by atoms with Gasteiger partial charge in [-0.3, -0.25) is 4.31 Å². The summed E-state index contributed by atoms with van der Waals surface area (Å²) in [4.78, 5) is 0. The van der Waals surface area contributed by atoms with Crippen molar-refractivity contribution in [3.8, 4) is 6.07 Å². The molecule has 0 aromatic heterocycles. The molecule has 0 atom stereocenters. The van der Waals surface area contributed by atoms with Gasteiger partial charge in [0.15, 0.2) is 0 Å². The number of nitriles is 1. The van der Waals surface area contributed by atoms with Gasteiger partial charge in [-0.2, -0.15) is 5.26 Å². The van der Waals surface area contributed by atoms with Crippen LogP contribution < -0.4 is 4.31 Å². The Morgan fingerprint density at radius 2 is 1.82 bits per heavy atom. The monoisotopic (exact) mass is 378 g/mol. The Bertz CT molecular complexity index is 824.